The number of para-hydroxylation sites is 3. The molecule has 13 rings (SSSR count). The molecule has 0 N–H and O–H groups in total. The predicted molar refractivity (Wildman–Crippen MR) is 279 cm³/mol. The first-order chi connectivity index (χ1) is 33.7. The summed E-state index contributed by atoms with van der Waals surface area (Å²) in [5.74, 6) is 1.75. The molecule has 0 fully saturated rings. The average molecular weight is 869 g/mol. The molecule has 6 heteroatoms. The summed E-state index contributed by atoms with van der Waals surface area (Å²) < 4.78 is 4.68. The van der Waals surface area contributed by atoms with Gasteiger partial charge in [0.25, 0.3) is 0 Å². The van der Waals surface area contributed by atoms with Crippen molar-refractivity contribution >= 4 is 43.6 Å². The summed E-state index contributed by atoms with van der Waals surface area (Å²) in [6, 6.07) is 85.2. The topological polar surface area (TPSA) is 61.4 Å². The van der Waals surface area contributed by atoms with Gasteiger partial charge in [0.05, 0.1) is 39.1 Å². The van der Waals surface area contributed by atoms with E-state index in [1.54, 1.807) is 0 Å². The maximum Gasteiger partial charge on any atom is 0.238 e. The molecule has 0 aliphatic carbocycles. The molecule has 0 amide bonds. The van der Waals surface area contributed by atoms with E-state index < -0.39 is 0 Å². The molecular formula is C62H40N6. The van der Waals surface area contributed by atoms with Gasteiger partial charge in [-0.2, -0.15) is 9.97 Å². The largest absolute Gasteiger partial charge is 0.306 e. The third kappa shape index (κ3) is 6.66. The first-order valence-electron chi connectivity index (χ1n) is 22.9. The van der Waals surface area contributed by atoms with E-state index in [0.717, 1.165) is 99.6 Å². The van der Waals surface area contributed by atoms with Crippen molar-refractivity contribution in [1.29, 1.82) is 0 Å². The van der Waals surface area contributed by atoms with Crippen LogP contribution in [0.25, 0.3) is 123 Å². The van der Waals surface area contributed by atoms with E-state index in [9.17, 15) is 0 Å². The number of benzene rings is 9. The van der Waals surface area contributed by atoms with Crippen LogP contribution >= 0.6 is 0 Å². The Hall–Kier alpha value is -9.26. The molecule has 0 atom stereocenters. The van der Waals surface area contributed by atoms with Crippen LogP contribution in [0.2, 0.25) is 0 Å². The van der Waals surface area contributed by atoms with Crippen LogP contribution in [0, 0.1) is 0 Å². The second-order valence-electron chi connectivity index (χ2n) is 17.0. The minimum absolute atomic E-state index is 0.543. The molecule has 0 bridgehead atoms. The van der Waals surface area contributed by atoms with Crippen LogP contribution in [0.1, 0.15) is 0 Å². The summed E-state index contributed by atoms with van der Waals surface area (Å²) in [7, 11) is 0. The van der Waals surface area contributed by atoms with E-state index in [1.807, 2.05) is 36.4 Å². The van der Waals surface area contributed by atoms with Crippen LogP contribution in [-0.2, 0) is 0 Å². The minimum atomic E-state index is 0.543. The Morgan fingerprint density at radius 3 is 1.34 bits per heavy atom. The fraction of sp³-hybridized carbons (Fsp3) is 0. The number of pyridine rings is 1. The summed E-state index contributed by atoms with van der Waals surface area (Å²) in [6.07, 6.45) is 0. The molecule has 0 radical (unpaired) electrons. The predicted octanol–water partition coefficient (Wildman–Crippen LogP) is 15.5. The summed E-state index contributed by atoms with van der Waals surface area (Å²) in [6.45, 7) is 0. The zero-order valence-corrected chi connectivity index (χ0v) is 36.8. The molecule has 9 aromatic carbocycles. The van der Waals surface area contributed by atoms with Gasteiger partial charge in [0.1, 0.15) is 0 Å². The molecule has 13 aromatic rings. The highest BCUT2D eigenvalue weighted by molar-refractivity contribution is 6.24. The first kappa shape index (κ1) is 39.1. The molecule has 6 nitrogen and oxygen atoms in total. The van der Waals surface area contributed by atoms with Crippen molar-refractivity contribution in [1.82, 2.24) is 29.1 Å². The standard InChI is InChI=1S/C62H40N6/c1-5-20-41(21-6-1)45-28-19-29-46(38-45)47-39-53(42-22-7-2-8-23-42)63-54(40-47)52-32-15-18-35-57(52)67-55-33-16-13-30-48(55)50-36-37-51-49-31-14-17-34-56(49)68(59(51)58(50)67)62-65-60(43-24-9-3-10-25-43)64-61(66-62)44-26-11-4-12-27-44/h1-40H. The van der Waals surface area contributed by atoms with Crippen molar-refractivity contribution in [2.45, 2.75) is 0 Å². The van der Waals surface area contributed by atoms with Crippen molar-refractivity contribution in [3.63, 3.8) is 0 Å². The minimum Gasteiger partial charge on any atom is -0.306 e. The molecule has 0 spiro atoms. The number of nitrogens with zero attached hydrogens (tertiary/aromatic N) is 6. The maximum absolute atomic E-state index is 5.50. The molecular weight excluding hydrogens is 829 g/mol. The van der Waals surface area contributed by atoms with Crippen LogP contribution in [0.5, 0.6) is 0 Å². The Morgan fingerprint density at radius 1 is 0.265 bits per heavy atom. The number of aromatic nitrogens is 6. The van der Waals surface area contributed by atoms with Gasteiger partial charge in [-0.05, 0) is 58.7 Å². The molecule has 68 heavy (non-hydrogen) atoms. The Morgan fingerprint density at radius 2 is 0.721 bits per heavy atom. The van der Waals surface area contributed by atoms with E-state index in [0.29, 0.717) is 17.6 Å². The fourth-order valence-corrected chi connectivity index (χ4v) is 9.84. The molecule has 0 unspecified atom stereocenters. The van der Waals surface area contributed by atoms with Crippen molar-refractivity contribution < 1.29 is 0 Å². The molecule has 0 aliphatic rings. The summed E-state index contributed by atoms with van der Waals surface area (Å²) in [4.78, 5) is 21.2. The molecule has 0 saturated carbocycles. The van der Waals surface area contributed by atoms with Crippen LogP contribution in [-0.4, -0.2) is 29.1 Å². The van der Waals surface area contributed by atoms with Crippen LogP contribution in [0.15, 0.2) is 243 Å². The van der Waals surface area contributed by atoms with E-state index in [-0.39, 0.29) is 0 Å². The Kier molecular flexibility index (Phi) is 9.39. The van der Waals surface area contributed by atoms with Gasteiger partial charge in [0, 0.05) is 43.8 Å². The number of hydrogen-bond donors (Lipinski definition) is 0. The van der Waals surface area contributed by atoms with Crippen LogP contribution in [0.3, 0.4) is 0 Å². The Balaban J connectivity index is 1.10. The lowest BCUT2D eigenvalue weighted by molar-refractivity contribution is 0.953. The smallest absolute Gasteiger partial charge is 0.238 e. The van der Waals surface area contributed by atoms with Crippen molar-refractivity contribution in [3.05, 3.63) is 243 Å². The van der Waals surface area contributed by atoms with Crippen LogP contribution < -0.4 is 0 Å². The van der Waals surface area contributed by atoms with Gasteiger partial charge in [0.15, 0.2) is 11.6 Å². The highest BCUT2D eigenvalue weighted by Crippen LogP contribution is 2.44. The number of rotatable bonds is 8. The van der Waals surface area contributed by atoms with Crippen molar-refractivity contribution in [3.8, 4) is 79.2 Å². The second-order valence-corrected chi connectivity index (χ2v) is 17.0. The van der Waals surface area contributed by atoms with Gasteiger partial charge in [-0.1, -0.05) is 206 Å². The maximum atomic E-state index is 5.50. The lowest BCUT2D eigenvalue weighted by atomic mass is 9.96. The van der Waals surface area contributed by atoms with Gasteiger partial charge in [-0.25, -0.2) is 9.97 Å². The third-order valence-electron chi connectivity index (χ3n) is 13.0. The molecule has 318 valence electrons. The highest BCUT2D eigenvalue weighted by atomic mass is 15.2. The molecule has 0 aliphatic heterocycles. The molecule has 4 heterocycles. The van der Waals surface area contributed by atoms with Gasteiger partial charge in [-0.15, -0.1) is 0 Å². The molecule has 4 aromatic heterocycles. The fourth-order valence-electron chi connectivity index (χ4n) is 9.84. The molecule has 0 saturated heterocycles. The van der Waals surface area contributed by atoms with E-state index in [1.165, 1.54) is 5.56 Å². The zero-order valence-electron chi connectivity index (χ0n) is 36.8. The average Bonchev–Trinajstić information content (AvgIpc) is 3.95. The van der Waals surface area contributed by atoms with Gasteiger partial charge in [0.2, 0.25) is 5.95 Å². The first-order valence-corrected chi connectivity index (χ1v) is 22.9. The third-order valence-corrected chi connectivity index (χ3v) is 13.0. The number of hydrogen-bond acceptors (Lipinski definition) is 4. The Bertz CT molecular complexity index is 3950. The van der Waals surface area contributed by atoms with Gasteiger partial charge in [-0.3, -0.25) is 4.57 Å². The lowest BCUT2D eigenvalue weighted by Gasteiger charge is -2.17. The highest BCUT2D eigenvalue weighted by Gasteiger charge is 2.25. The van der Waals surface area contributed by atoms with Crippen molar-refractivity contribution in [2.75, 3.05) is 0 Å². The summed E-state index contributed by atoms with van der Waals surface area (Å²) in [5.41, 5.74) is 15.4. The van der Waals surface area contributed by atoms with Crippen molar-refractivity contribution in [2.24, 2.45) is 0 Å². The van der Waals surface area contributed by atoms with E-state index >= 15 is 0 Å². The zero-order chi connectivity index (χ0) is 45.0. The Labute approximate surface area is 392 Å². The van der Waals surface area contributed by atoms with Crippen LogP contribution in [0.4, 0.5) is 0 Å². The number of fused-ring (bicyclic) bond motifs is 7. The van der Waals surface area contributed by atoms with Gasteiger partial charge >= 0.3 is 0 Å². The van der Waals surface area contributed by atoms with E-state index in [4.69, 9.17) is 19.9 Å². The van der Waals surface area contributed by atoms with Gasteiger partial charge < -0.3 is 4.57 Å². The summed E-state index contributed by atoms with van der Waals surface area (Å²) in [5, 5.41) is 4.47. The monoisotopic (exact) mass is 868 g/mol. The lowest BCUT2D eigenvalue weighted by Crippen LogP contribution is -2.07. The summed E-state index contributed by atoms with van der Waals surface area (Å²) >= 11 is 0. The van der Waals surface area contributed by atoms with E-state index in [2.05, 4.69) is 215 Å². The normalized spacial score (nSPS) is 11.5. The second kappa shape index (κ2) is 16.3. The SMILES string of the molecule is c1ccc(-c2cccc(-c3cc(-c4ccccc4)nc(-c4ccccc4-n4c5ccccc5c5ccc6c7ccccc7n(-c7nc(-c8ccccc8)nc(-c8ccccc8)n7)c6c54)c3)c2)cc1. The quantitative estimate of drug-likeness (QED) is 0.153.